The summed E-state index contributed by atoms with van der Waals surface area (Å²) in [5.74, 6) is -0.751. The molecule has 1 atom stereocenters. The number of rotatable bonds is 6. The number of aromatic nitrogens is 1. The molecule has 0 bridgehead atoms. The first-order valence-electron chi connectivity index (χ1n) is 7.86. The maximum Gasteiger partial charge on any atom is 0.350 e. The summed E-state index contributed by atoms with van der Waals surface area (Å²) in [7, 11) is 0. The molecular formula is C18H17Cl3N2O4. The van der Waals surface area contributed by atoms with Gasteiger partial charge >= 0.3 is 5.97 Å². The van der Waals surface area contributed by atoms with Gasteiger partial charge in [-0.15, -0.1) is 0 Å². The lowest BCUT2D eigenvalue weighted by atomic mass is 10.1. The van der Waals surface area contributed by atoms with E-state index in [1.807, 2.05) is 0 Å². The van der Waals surface area contributed by atoms with Crippen LogP contribution in [0.3, 0.4) is 0 Å². The minimum Gasteiger partial charge on any atom is -0.476 e. The molecule has 1 aromatic heterocycles. The second-order valence-electron chi connectivity index (χ2n) is 6.09. The summed E-state index contributed by atoms with van der Waals surface area (Å²) in [4.78, 5) is 28.6. The average Bonchev–Trinajstić information content (AvgIpc) is 2.59. The zero-order valence-electron chi connectivity index (χ0n) is 14.8. The summed E-state index contributed by atoms with van der Waals surface area (Å²) in [6.07, 6.45) is 0.238. The zero-order chi connectivity index (χ0) is 20.2. The normalized spacial score (nSPS) is 12.2. The second kappa shape index (κ2) is 8.78. The number of nitrogens with one attached hydrogen (secondary N) is 1. The van der Waals surface area contributed by atoms with Crippen LogP contribution in [0.25, 0.3) is 0 Å². The van der Waals surface area contributed by atoms with Gasteiger partial charge in [0.25, 0.3) is 5.91 Å². The lowest BCUT2D eigenvalue weighted by molar-refractivity contribution is -0.166. The van der Waals surface area contributed by atoms with Gasteiger partial charge in [0.05, 0.1) is 10.0 Å². The summed E-state index contributed by atoms with van der Waals surface area (Å²) in [6.45, 7) is 4.49. The third kappa shape index (κ3) is 5.99. The van der Waals surface area contributed by atoms with Crippen molar-refractivity contribution in [3.05, 3.63) is 51.6 Å². The molecule has 0 fully saturated rings. The number of halogens is 3. The minimum absolute atomic E-state index is 0.116. The molecule has 0 aliphatic carbocycles. The van der Waals surface area contributed by atoms with E-state index in [-0.39, 0.29) is 10.8 Å². The molecule has 144 valence electrons. The van der Waals surface area contributed by atoms with E-state index in [1.165, 1.54) is 33.0 Å². The number of hydrogen-bond donors (Lipinski definition) is 1. The molecule has 0 aliphatic heterocycles. The van der Waals surface area contributed by atoms with Gasteiger partial charge in [0.2, 0.25) is 0 Å². The van der Waals surface area contributed by atoms with Crippen molar-refractivity contribution in [3.8, 4) is 5.75 Å². The largest absolute Gasteiger partial charge is 0.476 e. The average molecular weight is 432 g/mol. The number of amides is 1. The molecule has 27 heavy (non-hydrogen) atoms. The number of benzene rings is 1. The maximum atomic E-state index is 12.4. The SMILES string of the molecule is CC(OC(=O)C(C)(C)Oc1ccc(Cl)cc1)C(=O)Nc1ncc(Cl)cc1Cl. The highest BCUT2D eigenvalue weighted by Gasteiger charge is 2.34. The summed E-state index contributed by atoms with van der Waals surface area (Å²) in [6, 6.07) is 7.96. The van der Waals surface area contributed by atoms with Crippen LogP contribution in [0.4, 0.5) is 5.82 Å². The lowest BCUT2D eigenvalue weighted by Gasteiger charge is -2.26. The van der Waals surface area contributed by atoms with Crippen LogP contribution in [0.2, 0.25) is 15.1 Å². The third-order valence-corrected chi connectivity index (χ3v) is 4.13. The van der Waals surface area contributed by atoms with Gasteiger partial charge in [0, 0.05) is 11.2 Å². The van der Waals surface area contributed by atoms with E-state index in [1.54, 1.807) is 24.3 Å². The quantitative estimate of drug-likeness (QED) is 0.667. The second-order valence-corrected chi connectivity index (χ2v) is 7.37. The molecular weight excluding hydrogens is 415 g/mol. The Kier molecular flexibility index (Phi) is 6.92. The molecule has 2 aromatic rings. The van der Waals surface area contributed by atoms with Crippen LogP contribution >= 0.6 is 34.8 Å². The summed E-state index contributed by atoms with van der Waals surface area (Å²) in [5, 5.41) is 3.52. The number of esters is 1. The number of ether oxygens (including phenoxy) is 2. The van der Waals surface area contributed by atoms with Gasteiger partial charge in [-0.1, -0.05) is 34.8 Å². The Morgan fingerprint density at radius 3 is 2.33 bits per heavy atom. The van der Waals surface area contributed by atoms with Crippen molar-refractivity contribution < 1.29 is 19.1 Å². The minimum atomic E-state index is -1.32. The fourth-order valence-corrected chi connectivity index (χ4v) is 2.47. The van der Waals surface area contributed by atoms with E-state index in [9.17, 15) is 9.59 Å². The van der Waals surface area contributed by atoms with Crippen molar-refractivity contribution in [2.24, 2.45) is 0 Å². The molecule has 1 unspecified atom stereocenters. The first-order chi connectivity index (χ1) is 12.6. The Labute approximate surface area is 171 Å². The first-order valence-corrected chi connectivity index (χ1v) is 8.99. The van der Waals surface area contributed by atoms with E-state index in [0.29, 0.717) is 15.8 Å². The smallest absolute Gasteiger partial charge is 0.350 e. The van der Waals surface area contributed by atoms with Crippen molar-refractivity contribution in [1.82, 2.24) is 4.98 Å². The van der Waals surface area contributed by atoms with Crippen molar-refractivity contribution >= 4 is 52.5 Å². The van der Waals surface area contributed by atoms with Crippen LogP contribution in [-0.2, 0) is 14.3 Å². The van der Waals surface area contributed by atoms with Crippen LogP contribution in [0.15, 0.2) is 36.5 Å². The highest BCUT2D eigenvalue weighted by molar-refractivity contribution is 6.36. The topological polar surface area (TPSA) is 77.5 Å². The zero-order valence-corrected chi connectivity index (χ0v) is 17.0. The summed E-state index contributed by atoms with van der Waals surface area (Å²) in [5.41, 5.74) is -1.32. The van der Waals surface area contributed by atoms with E-state index in [0.717, 1.165) is 0 Å². The predicted molar refractivity (Wildman–Crippen MR) is 105 cm³/mol. The molecule has 1 N–H and O–H groups in total. The molecule has 0 aliphatic rings. The van der Waals surface area contributed by atoms with E-state index in [4.69, 9.17) is 44.3 Å². The molecule has 2 rings (SSSR count). The molecule has 0 saturated heterocycles. The van der Waals surface area contributed by atoms with Crippen molar-refractivity contribution in [2.45, 2.75) is 32.5 Å². The standard InChI is InChI=1S/C18H17Cl3N2O4/c1-10(16(24)23-15-14(21)8-12(20)9-22-15)26-17(25)18(2,3)27-13-6-4-11(19)5-7-13/h4-10H,1-3H3,(H,22,23,24). The van der Waals surface area contributed by atoms with Crippen LogP contribution in [-0.4, -0.2) is 28.6 Å². The fourth-order valence-electron chi connectivity index (χ4n) is 1.92. The Bertz CT molecular complexity index is 841. The van der Waals surface area contributed by atoms with Gasteiger partial charge in [-0.2, -0.15) is 0 Å². The molecule has 9 heteroatoms. The Morgan fingerprint density at radius 1 is 1.11 bits per heavy atom. The van der Waals surface area contributed by atoms with Gasteiger partial charge in [-0.05, 0) is 51.1 Å². The van der Waals surface area contributed by atoms with Gasteiger partial charge in [-0.3, -0.25) is 4.79 Å². The van der Waals surface area contributed by atoms with Crippen LogP contribution in [0.1, 0.15) is 20.8 Å². The summed E-state index contributed by atoms with van der Waals surface area (Å²) < 4.78 is 10.8. The Balaban J connectivity index is 1.98. The third-order valence-electron chi connectivity index (χ3n) is 3.38. The molecule has 0 saturated carbocycles. The van der Waals surface area contributed by atoms with Crippen molar-refractivity contribution in [3.63, 3.8) is 0 Å². The number of carbonyl (C=O) groups is 2. The molecule has 1 heterocycles. The van der Waals surface area contributed by atoms with Gasteiger partial charge < -0.3 is 14.8 Å². The molecule has 0 spiro atoms. The first kappa shape index (κ1) is 21.3. The van der Waals surface area contributed by atoms with Gasteiger partial charge in [0.15, 0.2) is 17.5 Å². The highest BCUT2D eigenvalue weighted by Crippen LogP contribution is 2.24. The van der Waals surface area contributed by atoms with Gasteiger partial charge in [-0.25, -0.2) is 9.78 Å². The molecule has 0 radical (unpaired) electrons. The molecule has 1 amide bonds. The lowest BCUT2D eigenvalue weighted by Crippen LogP contribution is -2.43. The van der Waals surface area contributed by atoms with Crippen LogP contribution in [0, 0.1) is 0 Å². The number of pyridine rings is 1. The number of nitrogens with zero attached hydrogens (tertiary/aromatic N) is 1. The Hall–Kier alpha value is -2.02. The predicted octanol–water partition coefficient (Wildman–Crippen LogP) is 4.77. The number of carbonyl (C=O) groups excluding carboxylic acids is 2. The van der Waals surface area contributed by atoms with Crippen LogP contribution in [0.5, 0.6) is 5.75 Å². The number of anilines is 1. The van der Waals surface area contributed by atoms with Crippen molar-refractivity contribution in [2.75, 3.05) is 5.32 Å². The Morgan fingerprint density at radius 2 is 1.74 bits per heavy atom. The molecule has 1 aromatic carbocycles. The van der Waals surface area contributed by atoms with E-state index in [2.05, 4.69) is 10.3 Å². The number of hydrogen-bond acceptors (Lipinski definition) is 5. The van der Waals surface area contributed by atoms with E-state index >= 15 is 0 Å². The highest BCUT2D eigenvalue weighted by atomic mass is 35.5. The van der Waals surface area contributed by atoms with Crippen LogP contribution < -0.4 is 10.1 Å². The van der Waals surface area contributed by atoms with Gasteiger partial charge in [0.1, 0.15) is 5.75 Å². The van der Waals surface area contributed by atoms with Crippen molar-refractivity contribution in [1.29, 1.82) is 0 Å². The maximum absolute atomic E-state index is 12.4. The monoisotopic (exact) mass is 430 g/mol. The molecule has 6 nitrogen and oxygen atoms in total. The summed E-state index contributed by atoms with van der Waals surface area (Å²) >= 11 is 17.5. The fraction of sp³-hybridized carbons (Fsp3) is 0.278. The van der Waals surface area contributed by atoms with E-state index < -0.39 is 23.6 Å².